The van der Waals surface area contributed by atoms with E-state index in [-0.39, 0.29) is 31.6 Å². The van der Waals surface area contributed by atoms with Crippen LogP contribution in [-0.2, 0) is 16.0 Å². The van der Waals surface area contributed by atoms with Gasteiger partial charge in [-0.15, -0.1) is 0 Å². The van der Waals surface area contributed by atoms with Crippen molar-refractivity contribution in [2.24, 2.45) is 10.1 Å². The first-order valence-electron chi connectivity index (χ1n) is 10.5. The van der Waals surface area contributed by atoms with Gasteiger partial charge in [0.2, 0.25) is 5.90 Å². The third kappa shape index (κ3) is 5.57. The molecule has 0 fully saturated rings. The van der Waals surface area contributed by atoms with Gasteiger partial charge in [0.15, 0.2) is 5.54 Å². The van der Waals surface area contributed by atoms with Gasteiger partial charge in [0.05, 0.1) is 6.61 Å². The Hall–Kier alpha value is -3.55. The van der Waals surface area contributed by atoms with Crippen LogP contribution in [-0.4, -0.2) is 48.3 Å². The quantitative estimate of drug-likeness (QED) is 0.254. The summed E-state index contributed by atoms with van der Waals surface area (Å²) in [6.07, 6.45) is 0.787. The molecule has 0 radical (unpaired) electrons. The van der Waals surface area contributed by atoms with E-state index in [1.807, 2.05) is 38.1 Å². The molecule has 1 aliphatic rings. The molecule has 1 amide bonds. The van der Waals surface area contributed by atoms with Crippen molar-refractivity contribution in [3.05, 3.63) is 70.1 Å². The standard InChI is InChI=1S/C23H27N5O4/c1-16(2)25-22(30)23(14-18-6-3-4-7-20(18)27-28-24)15-32-21(26-23)17-8-10-19(11-9-17)31-13-5-12-29/h3-4,6-11,16,29H,5,12-15H2,1-2H3,(H,25,30)/t23-/m1/s1. The van der Waals surface area contributed by atoms with Gasteiger partial charge in [-0.1, -0.05) is 29.4 Å². The SMILES string of the molecule is CC(C)NC(=O)[C@@]1(Cc2ccccc2N=[N+]=[N-])COC(c2ccc(OCCCO)cc2)=N1. The van der Waals surface area contributed by atoms with Crippen molar-refractivity contribution in [1.82, 2.24) is 5.32 Å². The maximum atomic E-state index is 13.2. The molecule has 0 unspecified atom stereocenters. The fraction of sp³-hybridized carbons (Fsp3) is 0.391. The van der Waals surface area contributed by atoms with E-state index >= 15 is 0 Å². The molecule has 3 rings (SSSR count). The van der Waals surface area contributed by atoms with Gasteiger partial charge in [0.25, 0.3) is 5.91 Å². The van der Waals surface area contributed by atoms with Gasteiger partial charge >= 0.3 is 0 Å². The van der Waals surface area contributed by atoms with Crippen LogP contribution in [0.3, 0.4) is 0 Å². The van der Waals surface area contributed by atoms with Crippen LogP contribution in [0, 0.1) is 0 Å². The van der Waals surface area contributed by atoms with Crippen molar-refractivity contribution in [3.63, 3.8) is 0 Å². The Morgan fingerprint density at radius 3 is 2.75 bits per heavy atom. The smallest absolute Gasteiger partial charge is 0.252 e. The van der Waals surface area contributed by atoms with Crippen molar-refractivity contribution in [2.75, 3.05) is 19.8 Å². The molecule has 2 aromatic rings. The summed E-state index contributed by atoms with van der Waals surface area (Å²) in [7, 11) is 0. The molecule has 0 saturated carbocycles. The number of nitrogens with zero attached hydrogens (tertiary/aromatic N) is 4. The van der Waals surface area contributed by atoms with Gasteiger partial charge in [-0.05, 0) is 49.2 Å². The Morgan fingerprint density at radius 1 is 1.31 bits per heavy atom. The number of rotatable bonds is 10. The van der Waals surface area contributed by atoms with Gasteiger partial charge in [0.1, 0.15) is 12.4 Å². The number of ether oxygens (including phenoxy) is 2. The highest BCUT2D eigenvalue weighted by Crippen LogP contribution is 2.31. The Bertz CT molecular complexity index is 1020. The van der Waals surface area contributed by atoms with Gasteiger partial charge < -0.3 is 19.9 Å². The van der Waals surface area contributed by atoms with E-state index in [9.17, 15) is 4.79 Å². The number of nitrogens with one attached hydrogen (secondary N) is 1. The van der Waals surface area contributed by atoms with Crippen LogP contribution in [0.1, 0.15) is 31.4 Å². The summed E-state index contributed by atoms with van der Waals surface area (Å²) >= 11 is 0. The zero-order valence-corrected chi connectivity index (χ0v) is 18.2. The monoisotopic (exact) mass is 437 g/mol. The van der Waals surface area contributed by atoms with Gasteiger partial charge in [-0.25, -0.2) is 4.99 Å². The Labute approximate surface area is 186 Å². The molecule has 1 heterocycles. The summed E-state index contributed by atoms with van der Waals surface area (Å²) in [5.41, 5.74) is 9.59. The zero-order valence-electron chi connectivity index (χ0n) is 18.2. The third-order valence-electron chi connectivity index (χ3n) is 4.91. The number of benzene rings is 2. The van der Waals surface area contributed by atoms with E-state index in [4.69, 9.17) is 25.1 Å². The second kappa shape index (κ2) is 10.7. The third-order valence-corrected chi connectivity index (χ3v) is 4.91. The fourth-order valence-corrected chi connectivity index (χ4v) is 3.35. The van der Waals surface area contributed by atoms with Crippen LogP contribution in [0.2, 0.25) is 0 Å². The highest BCUT2D eigenvalue weighted by Gasteiger charge is 2.45. The summed E-state index contributed by atoms with van der Waals surface area (Å²) in [6, 6.07) is 14.3. The van der Waals surface area contributed by atoms with Crippen molar-refractivity contribution in [1.29, 1.82) is 0 Å². The number of azide groups is 1. The molecular weight excluding hydrogens is 410 g/mol. The number of hydrogen-bond acceptors (Lipinski definition) is 6. The number of aliphatic hydroxyl groups is 1. The van der Waals surface area contributed by atoms with E-state index in [2.05, 4.69) is 15.3 Å². The molecule has 0 aromatic heterocycles. The molecular formula is C23H27N5O4. The van der Waals surface area contributed by atoms with E-state index in [0.29, 0.717) is 35.9 Å². The van der Waals surface area contributed by atoms with E-state index < -0.39 is 5.54 Å². The predicted octanol–water partition coefficient (Wildman–Crippen LogP) is 3.67. The number of carbonyl (C=O) groups is 1. The topological polar surface area (TPSA) is 129 Å². The number of aliphatic imine (C=N–C) groups is 1. The fourth-order valence-electron chi connectivity index (χ4n) is 3.35. The number of amides is 1. The number of carbonyl (C=O) groups excluding carboxylic acids is 1. The van der Waals surface area contributed by atoms with Crippen LogP contribution >= 0.6 is 0 Å². The molecule has 2 aromatic carbocycles. The first-order valence-corrected chi connectivity index (χ1v) is 10.5. The molecule has 0 saturated heterocycles. The minimum atomic E-state index is -1.18. The minimum absolute atomic E-state index is 0.0682. The second-order valence-corrected chi connectivity index (χ2v) is 7.81. The van der Waals surface area contributed by atoms with Crippen molar-refractivity contribution in [2.45, 2.75) is 38.3 Å². The first-order chi connectivity index (χ1) is 15.5. The van der Waals surface area contributed by atoms with Crippen molar-refractivity contribution >= 4 is 17.5 Å². The normalized spacial score (nSPS) is 17.3. The lowest BCUT2D eigenvalue weighted by Crippen LogP contribution is -2.50. The molecule has 9 heteroatoms. The van der Waals surface area contributed by atoms with E-state index in [1.165, 1.54) is 0 Å². The summed E-state index contributed by atoms with van der Waals surface area (Å²) in [5, 5.41) is 15.5. The maximum Gasteiger partial charge on any atom is 0.252 e. The molecule has 168 valence electrons. The van der Waals surface area contributed by atoms with Crippen LogP contribution in [0.4, 0.5) is 5.69 Å². The summed E-state index contributed by atoms with van der Waals surface area (Å²) < 4.78 is 11.4. The molecule has 1 atom stereocenters. The van der Waals surface area contributed by atoms with Gasteiger partial charge in [0, 0.05) is 41.7 Å². The number of hydrogen-bond donors (Lipinski definition) is 2. The molecule has 0 spiro atoms. The van der Waals surface area contributed by atoms with E-state index in [0.717, 1.165) is 5.56 Å². The van der Waals surface area contributed by atoms with Gasteiger partial charge in [-0.3, -0.25) is 4.79 Å². The number of aliphatic hydroxyl groups excluding tert-OH is 1. The Balaban J connectivity index is 1.90. The van der Waals surface area contributed by atoms with Crippen molar-refractivity contribution in [3.8, 4) is 5.75 Å². The van der Waals surface area contributed by atoms with E-state index in [1.54, 1.807) is 24.3 Å². The highest BCUT2D eigenvalue weighted by molar-refractivity contribution is 6.00. The molecule has 0 aliphatic carbocycles. The lowest BCUT2D eigenvalue weighted by Gasteiger charge is -2.25. The molecule has 1 aliphatic heterocycles. The summed E-state index contributed by atoms with van der Waals surface area (Å²) in [4.78, 5) is 20.8. The summed E-state index contributed by atoms with van der Waals surface area (Å²) in [6.45, 7) is 4.34. The molecule has 2 N–H and O–H groups in total. The highest BCUT2D eigenvalue weighted by atomic mass is 16.5. The lowest BCUT2D eigenvalue weighted by molar-refractivity contribution is -0.127. The van der Waals surface area contributed by atoms with Crippen LogP contribution < -0.4 is 10.1 Å². The first kappa shape index (κ1) is 23.1. The van der Waals surface area contributed by atoms with Crippen LogP contribution in [0.15, 0.2) is 58.6 Å². The molecule has 32 heavy (non-hydrogen) atoms. The Morgan fingerprint density at radius 2 is 2.06 bits per heavy atom. The second-order valence-electron chi connectivity index (χ2n) is 7.81. The van der Waals surface area contributed by atoms with Crippen molar-refractivity contribution < 1.29 is 19.4 Å². The molecule has 9 nitrogen and oxygen atoms in total. The zero-order chi connectivity index (χ0) is 23.0. The van der Waals surface area contributed by atoms with Gasteiger partial charge in [-0.2, -0.15) is 0 Å². The molecule has 0 bridgehead atoms. The predicted molar refractivity (Wildman–Crippen MR) is 121 cm³/mol. The minimum Gasteiger partial charge on any atom is -0.494 e. The maximum absolute atomic E-state index is 13.2. The Kier molecular flexibility index (Phi) is 7.70. The summed E-state index contributed by atoms with van der Waals surface area (Å²) in [5.74, 6) is 0.794. The van der Waals surface area contributed by atoms with Crippen LogP contribution in [0.25, 0.3) is 10.4 Å². The average Bonchev–Trinajstić information content (AvgIpc) is 3.21. The largest absolute Gasteiger partial charge is 0.494 e. The van der Waals surface area contributed by atoms with Crippen LogP contribution in [0.5, 0.6) is 5.75 Å². The average molecular weight is 438 g/mol. The lowest BCUT2D eigenvalue weighted by atomic mass is 9.90.